The number of carbonyl (C=O) groups is 2. The number of esters is 2. The first kappa shape index (κ1) is 28.8. The molecule has 224 valence electrons. The van der Waals surface area contributed by atoms with Crippen LogP contribution in [0, 0.1) is 0 Å². The van der Waals surface area contributed by atoms with E-state index in [-0.39, 0.29) is 17.4 Å². The van der Waals surface area contributed by atoms with Crippen molar-refractivity contribution in [3.05, 3.63) is 94.0 Å². The zero-order valence-corrected chi connectivity index (χ0v) is 23.0. The van der Waals surface area contributed by atoms with E-state index in [4.69, 9.17) is 16.3 Å². The first-order chi connectivity index (χ1) is 21.1. The SMILES string of the molecule is O=C(COc1ccc(-c2cnc([C@@H]3CCc4cc(-c5cc(Cl)ccc5-n5cnnn5)cc(=O)n43)[nH]2)cc1)OC(=O)C(F)(F)F. The Labute approximate surface area is 250 Å². The fraction of sp³-hybridized carbons (Fsp3) is 0.179. The Morgan fingerprint density at radius 2 is 1.86 bits per heavy atom. The number of tetrazole rings is 1. The van der Waals surface area contributed by atoms with Crippen molar-refractivity contribution >= 4 is 23.5 Å². The number of ether oxygens (including phenoxy) is 2. The highest BCUT2D eigenvalue weighted by Gasteiger charge is 2.42. The normalized spacial score (nSPS) is 14.3. The molecule has 0 saturated carbocycles. The van der Waals surface area contributed by atoms with Crippen molar-refractivity contribution in [2.24, 2.45) is 0 Å². The lowest BCUT2D eigenvalue weighted by Crippen LogP contribution is -2.30. The minimum absolute atomic E-state index is 0.167. The number of alkyl halides is 3. The second-order valence-corrected chi connectivity index (χ2v) is 10.1. The number of hydrogen-bond donors (Lipinski definition) is 1. The molecule has 0 radical (unpaired) electrons. The van der Waals surface area contributed by atoms with E-state index in [0.29, 0.717) is 51.8 Å². The fourth-order valence-electron chi connectivity index (χ4n) is 4.94. The lowest BCUT2D eigenvalue weighted by atomic mass is 10.0. The van der Waals surface area contributed by atoms with Crippen LogP contribution in [0.4, 0.5) is 13.2 Å². The maximum atomic E-state index is 13.4. The molecule has 44 heavy (non-hydrogen) atoms. The number of carbonyl (C=O) groups excluding carboxylic acids is 2. The number of rotatable bonds is 7. The molecule has 0 spiro atoms. The summed E-state index contributed by atoms with van der Waals surface area (Å²) in [5, 5.41) is 11.8. The topological polar surface area (TPSA) is 147 Å². The molecular weight excluding hydrogens is 607 g/mol. The number of halogens is 4. The van der Waals surface area contributed by atoms with Gasteiger partial charge in [0.05, 0.1) is 23.6 Å². The van der Waals surface area contributed by atoms with Crippen molar-refractivity contribution in [1.29, 1.82) is 0 Å². The van der Waals surface area contributed by atoms with Crippen LogP contribution in [0.1, 0.15) is 24.0 Å². The van der Waals surface area contributed by atoms with Gasteiger partial charge < -0.3 is 19.0 Å². The van der Waals surface area contributed by atoms with Crippen LogP contribution in [0.3, 0.4) is 0 Å². The Balaban J connectivity index is 1.18. The molecule has 0 fully saturated rings. The van der Waals surface area contributed by atoms with Gasteiger partial charge in [-0.25, -0.2) is 14.6 Å². The largest absolute Gasteiger partial charge is 0.491 e. The van der Waals surface area contributed by atoms with Gasteiger partial charge in [0.25, 0.3) is 5.56 Å². The molecule has 3 aromatic heterocycles. The molecule has 1 aliphatic rings. The van der Waals surface area contributed by atoms with E-state index in [1.807, 2.05) is 6.07 Å². The highest BCUT2D eigenvalue weighted by molar-refractivity contribution is 6.31. The predicted octanol–water partition coefficient (Wildman–Crippen LogP) is 4.08. The molecule has 6 rings (SSSR count). The average Bonchev–Trinajstić information content (AvgIpc) is 3.77. The number of imidazole rings is 1. The van der Waals surface area contributed by atoms with Crippen LogP contribution in [-0.2, 0) is 20.7 Å². The van der Waals surface area contributed by atoms with E-state index in [1.54, 1.807) is 47.2 Å². The van der Waals surface area contributed by atoms with Crippen molar-refractivity contribution in [3.63, 3.8) is 0 Å². The van der Waals surface area contributed by atoms with Gasteiger partial charge in [-0.2, -0.15) is 17.9 Å². The molecule has 5 aromatic rings. The van der Waals surface area contributed by atoms with Crippen LogP contribution in [0.25, 0.3) is 28.1 Å². The van der Waals surface area contributed by atoms with Crippen molar-refractivity contribution in [3.8, 4) is 33.8 Å². The minimum Gasteiger partial charge on any atom is -0.482 e. The van der Waals surface area contributed by atoms with E-state index in [2.05, 4.69) is 30.2 Å². The zero-order valence-electron chi connectivity index (χ0n) is 22.3. The quantitative estimate of drug-likeness (QED) is 0.209. The first-order valence-electron chi connectivity index (χ1n) is 13.0. The number of hydrogen-bond acceptors (Lipinski definition) is 9. The monoisotopic (exact) mass is 625 g/mol. The number of H-pyrrole nitrogens is 1. The maximum Gasteiger partial charge on any atom is 0.491 e. The van der Waals surface area contributed by atoms with Gasteiger partial charge in [0.15, 0.2) is 6.61 Å². The highest BCUT2D eigenvalue weighted by atomic mass is 35.5. The predicted molar refractivity (Wildman–Crippen MR) is 147 cm³/mol. The third kappa shape index (κ3) is 5.81. The van der Waals surface area contributed by atoms with Gasteiger partial charge >= 0.3 is 18.1 Å². The van der Waals surface area contributed by atoms with Crippen LogP contribution in [0.15, 0.2) is 71.9 Å². The summed E-state index contributed by atoms with van der Waals surface area (Å²) in [6.45, 7) is -0.886. The van der Waals surface area contributed by atoms with Crippen LogP contribution in [0.2, 0.25) is 5.02 Å². The van der Waals surface area contributed by atoms with Crippen LogP contribution < -0.4 is 10.3 Å². The molecule has 1 N–H and O–H groups in total. The highest BCUT2D eigenvalue weighted by Crippen LogP contribution is 2.34. The van der Waals surface area contributed by atoms with Gasteiger partial charge in [-0.05, 0) is 82.9 Å². The Morgan fingerprint density at radius 3 is 2.59 bits per heavy atom. The van der Waals surface area contributed by atoms with Gasteiger partial charge in [0.1, 0.15) is 17.9 Å². The lowest BCUT2D eigenvalue weighted by Gasteiger charge is -2.15. The summed E-state index contributed by atoms with van der Waals surface area (Å²) in [4.78, 5) is 43.4. The van der Waals surface area contributed by atoms with E-state index in [9.17, 15) is 27.6 Å². The van der Waals surface area contributed by atoms with Crippen molar-refractivity contribution in [1.82, 2.24) is 34.7 Å². The molecule has 0 aliphatic carbocycles. The molecule has 16 heteroatoms. The van der Waals surface area contributed by atoms with Gasteiger partial charge in [-0.1, -0.05) is 11.6 Å². The zero-order chi connectivity index (χ0) is 31.0. The number of aryl methyl sites for hydroxylation is 1. The molecular formula is C28H19ClF3N7O5. The molecule has 0 bridgehead atoms. The van der Waals surface area contributed by atoms with Crippen molar-refractivity contribution in [2.45, 2.75) is 25.1 Å². The van der Waals surface area contributed by atoms with Crippen molar-refractivity contribution < 1.29 is 32.2 Å². The van der Waals surface area contributed by atoms with E-state index >= 15 is 0 Å². The Morgan fingerprint density at radius 1 is 1.07 bits per heavy atom. The number of benzene rings is 2. The Kier molecular flexibility index (Phi) is 7.47. The van der Waals surface area contributed by atoms with Crippen LogP contribution in [0.5, 0.6) is 5.75 Å². The minimum atomic E-state index is -5.28. The Bertz CT molecular complexity index is 1920. The smallest absolute Gasteiger partial charge is 0.482 e. The maximum absolute atomic E-state index is 13.4. The molecule has 4 heterocycles. The van der Waals surface area contributed by atoms with Gasteiger partial charge in [0.2, 0.25) is 0 Å². The second kappa shape index (κ2) is 11.4. The summed E-state index contributed by atoms with van der Waals surface area (Å²) in [7, 11) is 0. The molecule has 2 aromatic carbocycles. The molecule has 12 nitrogen and oxygen atoms in total. The molecule has 1 atom stereocenters. The van der Waals surface area contributed by atoms with E-state index < -0.39 is 24.7 Å². The fourth-order valence-corrected chi connectivity index (χ4v) is 5.11. The summed E-state index contributed by atoms with van der Waals surface area (Å²) < 4.78 is 48.7. The van der Waals surface area contributed by atoms with Gasteiger partial charge in [0, 0.05) is 22.3 Å². The summed E-state index contributed by atoms with van der Waals surface area (Å²) in [5.41, 5.74) is 4.01. The van der Waals surface area contributed by atoms with Gasteiger partial charge in [-0.15, -0.1) is 5.10 Å². The third-order valence-electron chi connectivity index (χ3n) is 6.87. The molecule has 0 saturated heterocycles. The average molecular weight is 626 g/mol. The first-order valence-corrected chi connectivity index (χ1v) is 13.3. The Hall–Kier alpha value is -5.31. The number of fused-ring (bicyclic) bond motifs is 1. The third-order valence-corrected chi connectivity index (χ3v) is 7.11. The second-order valence-electron chi connectivity index (χ2n) is 9.67. The standard InChI is InChI=1S/C28H19ClF3N7O5/c29-17-3-7-22(38-14-34-36-37-38)20(11-17)16-9-18-4-8-23(39(18)24(40)10-16)26-33-12-21(35-26)15-1-5-19(6-2-15)43-13-25(41)44-27(42)28(30,31)32/h1-3,5-7,9-12,14,23H,4,8,13H2,(H,33,35)/t23-/m0/s1. The molecule has 1 aliphatic heterocycles. The molecule has 0 unspecified atom stereocenters. The summed E-state index contributed by atoms with van der Waals surface area (Å²) in [5.74, 6) is -3.34. The number of nitrogens with one attached hydrogen (secondary N) is 1. The summed E-state index contributed by atoms with van der Waals surface area (Å²) >= 11 is 6.28. The number of pyridine rings is 1. The number of aromatic nitrogens is 7. The van der Waals surface area contributed by atoms with Crippen molar-refractivity contribution in [2.75, 3.05) is 6.61 Å². The summed E-state index contributed by atoms with van der Waals surface area (Å²) in [6, 6.07) is 14.7. The number of nitrogens with zero attached hydrogens (tertiary/aromatic N) is 6. The van der Waals surface area contributed by atoms with Crippen LogP contribution >= 0.6 is 11.6 Å². The van der Waals surface area contributed by atoms with Crippen LogP contribution in [-0.4, -0.2) is 59.5 Å². The number of aromatic amines is 1. The van der Waals surface area contributed by atoms with Gasteiger partial charge in [-0.3, -0.25) is 4.79 Å². The van der Waals surface area contributed by atoms with E-state index in [0.717, 1.165) is 5.69 Å². The molecule has 0 amide bonds. The lowest BCUT2D eigenvalue weighted by molar-refractivity contribution is -0.202. The van der Waals surface area contributed by atoms with E-state index in [1.165, 1.54) is 23.1 Å². The summed E-state index contributed by atoms with van der Waals surface area (Å²) in [6.07, 6.45) is -0.933.